The van der Waals surface area contributed by atoms with Crippen molar-refractivity contribution >= 4 is 23.3 Å². The number of anilines is 1. The minimum atomic E-state index is -0.00798. The Balaban J connectivity index is 1.45. The molecule has 0 aromatic carbocycles. The topological polar surface area (TPSA) is 69.6 Å². The van der Waals surface area contributed by atoms with Crippen molar-refractivity contribution in [3.8, 4) is 11.3 Å². The molecule has 2 aliphatic rings. The van der Waals surface area contributed by atoms with E-state index < -0.39 is 0 Å². The highest BCUT2D eigenvalue weighted by atomic mass is 35.5. The smallest absolute Gasteiger partial charge is 0.226 e. The second-order valence-electron chi connectivity index (χ2n) is 8.32. The number of halogens is 1. The van der Waals surface area contributed by atoms with E-state index in [2.05, 4.69) is 14.9 Å². The van der Waals surface area contributed by atoms with Gasteiger partial charge in [0.05, 0.1) is 23.4 Å². The van der Waals surface area contributed by atoms with Gasteiger partial charge in [0.25, 0.3) is 0 Å². The van der Waals surface area contributed by atoms with Crippen molar-refractivity contribution in [2.45, 2.75) is 45.1 Å². The van der Waals surface area contributed by atoms with Gasteiger partial charge in [-0.1, -0.05) is 17.7 Å². The molecule has 4 rings (SSSR count). The number of aliphatic hydroxyl groups excluding tert-OH is 1. The van der Waals surface area contributed by atoms with Crippen LogP contribution < -0.4 is 4.90 Å². The maximum absolute atomic E-state index is 13.0. The van der Waals surface area contributed by atoms with Crippen LogP contribution in [-0.4, -0.2) is 58.2 Å². The summed E-state index contributed by atoms with van der Waals surface area (Å²) in [4.78, 5) is 26.2. The number of hydrogen-bond acceptors (Lipinski definition) is 5. The number of hydrogen-bond donors (Lipinski definition) is 1. The molecular formula is C23H29ClN4O2. The molecule has 30 heavy (non-hydrogen) atoms. The van der Waals surface area contributed by atoms with Gasteiger partial charge in [-0.15, -0.1) is 0 Å². The Labute approximate surface area is 182 Å². The number of aryl methyl sites for hydroxylation is 1. The molecule has 0 aliphatic carbocycles. The van der Waals surface area contributed by atoms with Crippen molar-refractivity contribution < 1.29 is 9.90 Å². The molecule has 1 N–H and O–H groups in total. The number of piperidine rings is 2. The van der Waals surface area contributed by atoms with Gasteiger partial charge >= 0.3 is 0 Å². The van der Waals surface area contributed by atoms with Crippen LogP contribution in [0, 0.1) is 12.8 Å². The molecule has 4 heterocycles. The lowest BCUT2D eigenvalue weighted by Gasteiger charge is -2.39. The highest BCUT2D eigenvalue weighted by Gasteiger charge is 2.33. The van der Waals surface area contributed by atoms with Crippen molar-refractivity contribution in [3.05, 3.63) is 41.2 Å². The lowest BCUT2D eigenvalue weighted by molar-refractivity contribution is -0.141. The Bertz CT molecular complexity index is 899. The number of aliphatic hydroxyl groups is 1. The lowest BCUT2D eigenvalue weighted by atomic mass is 9.92. The first-order chi connectivity index (χ1) is 14.6. The highest BCUT2D eigenvalue weighted by Crippen LogP contribution is 2.33. The molecule has 2 aliphatic heterocycles. The van der Waals surface area contributed by atoms with Gasteiger partial charge < -0.3 is 14.9 Å². The molecule has 2 saturated heterocycles. The SMILES string of the molecule is Cc1cccnc1-c1cc(N2CCC(C(=O)N3CCCC[C@H]3CO)CC2)ncc1Cl. The number of amides is 1. The molecule has 0 saturated carbocycles. The van der Waals surface area contributed by atoms with E-state index in [1.165, 1.54) is 0 Å². The van der Waals surface area contributed by atoms with Crippen LogP contribution in [0.15, 0.2) is 30.6 Å². The average molecular weight is 429 g/mol. The number of carbonyl (C=O) groups is 1. The third kappa shape index (κ3) is 4.30. The van der Waals surface area contributed by atoms with E-state index in [9.17, 15) is 9.90 Å². The van der Waals surface area contributed by atoms with E-state index in [0.29, 0.717) is 5.02 Å². The molecule has 0 unspecified atom stereocenters. The maximum atomic E-state index is 13.0. The van der Waals surface area contributed by atoms with Crippen LogP contribution in [-0.2, 0) is 4.79 Å². The molecule has 0 spiro atoms. The molecule has 0 radical (unpaired) electrons. The zero-order valence-corrected chi connectivity index (χ0v) is 18.2. The van der Waals surface area contributed by atoms with E-state index in [1.54, 1.807) is 12.4 Å². The highest BCUT2D eigenvalue weighted by molar-refractivity contribution is 6.33. The first-order valence-electron chi connectivity index (χ1n) is 10.8. The number of pyridine rings is 2. The Morgan fingerprint density at radius 1 is 1.20 bits per heavy atom. The van der Waals surface area contributed by atoms with Crippen molar-refractivity contribution in [1.82, 2.24) is 14.9 Å². The molecular weight excluding hydrogens is 400 g/mol. The second kappa shape index (κ2) is 9.31. The zero-order chi connectivity index (χ0) is 21.1. The largest absolute Gasteiger partial charge is 0.394 e. The molecule has 2 aromatic heterocycles. The Morgan fingerprint density at radius 3 is 2.73 bits per heavy atom. The van der Waals surface area contributed by atoms with Gasteiger partial charge in [0.2, 0.25) is 5.91 Å². The first-order valence-corrected chi connectivity index (χ1v) is 11.2. The molecule has 2 fully saturated rings. The van der Waals surface area contributed by atoms with Crippen molar-refractivity contribution in [2.24, 2.45) is 5.92 Å². The molecule has 2 aromatic rings. The summed E-state index contributed by atoms with van der Waals surface area (Å²) in [6.45, 7) is 4.42. The monoisotopic (exact) mass is 428 g/mol. The predicted molar refractivity (Wildman–Crippen MR) is 119 cm³/mol. The third-order valence-electron chi connectivity index (χ3n) is 6.39. The van der Waals surface area contributed by atoms with Gasteiger partial charge in [-0.2, -0.15) is 0 Å². The van der Waals surface area contributed by atoms with E-state index in [-0.39, 0.29) is 24.5 Å². The standard InChI is InChI=1S/C23H29ClN4O2/c1-16-5-4-9-25-22(16)19-13-21(26-14-20(19)24)27-11-7-17(8-12-27)23(30)28-10-3-2-6-18(28)15-29/h4-5,9,13-14,17-18,29H,2-3,6-8,10-12,15H2,1H3/t18-/m0/s1. The van der Waals surface area contributed by atoms with Crippen LogP contribution in [0.2, 0.25) is 5.02 Å². The minimum Gasteiger partial charge on any atom is -0.394 e. The van der Waals surface area contributed by atoms with Crippen molar-refractivity contribution in [2.75, 3.05) is 31.1 Å². The van der Waals surface area contributed by atoms with Crippen LogP contribution in [0.3, 0.4) is 0 Å². The summed E-state index contributed by atoms with van der Waals surface area (Å²) in [6.07, 6.45) is 8.10. The summed E-state index contributed by atoms with van der Waals surface area (Å²) in [6, 6.07) is 5.94. The summed E-state index contributed by atoms with van der Waals surface area (Å²) >= 11 is 6.43. The molecule has 7 heteroatoms. The summed E-state index contributed by atoms with van der Waals surface area (Å²) < 4.78 is 0. The van der Waals surface area contributed by atoms with Gasteiger partial charge in [-0.25, -0.2) is 4.98 Å². The molecule has 0 bridgehead atoms. The minimum absolute atomic E-state index is 0.00798. The molecule has 1 amide bonds. The summed E-state index contributed by atoms with van der Waals surface area (Å²) in [5, 5.41) is 10.2. The lowest BCUT2D eigenvalue weighted by Crippen LogP contribution is -2.50. The number of nitrogens with zero attached hydrogens (tertiary/aromatic N) is 4. The number of likely N-dealkylation sites (tertiary alicyclic amines) is 1. The third-order valence-corrected chi connectivity index (χ3v) is 6.70. The van der Waals surface area contributed by atoms with Crippen LogP contribution in [0.4, 0.5) is 5.82 Å². The second-order valence-corrected chi connectivity index (χ2v) is 8.72. The van der Waals surface area contributed by atoms with E-state index >= 15 is 0 Å². The van der Waals surface area contributed by atoms with Gasteiger partial charge in [-0.05, 0) is 56.7 Å². The van der Waals surface area contributed by atoms with Crippen molar-refractivity contribution in [1.29, 1.82) is 0 Å². The number of carbonyl (C=O) groups excluding carboxylic acids is 1. The fraction of sp³-hybridized carbons (Fsp3) is 0.522. The van der Waals surface area contributed by atoms with Gasteiger partial charge in [-0.3, -0.25) is 9.78 Å². The number of aromatic nitrogens is 2. The number of rotatable bonds is 4. The first kappa shape index (κ1) is 21.1. The van der Waals surface area contributed by atoms with Crippen LogP contribution in [0.1, 0.15) is 37.7 Å². The van der Waals surface area contributed by atoms with Crippen molar-refractivity contribution in [3.63, 3.8) is 0 Å². The van der Waals surface area contributed by atoms with E-state index in [1.807, 2.05) is 30.0 Å². The summed E-state index contributed by atoms with van der Waals surface area (Å²) in [7, 11) is 0. The van der Waals surface area contributed by atoms with Gasteiger partial charge in [0, 0.05) is 43.5 Å². The fourth-order valence-corrected chi connectivity index (χ4v) is 4.81. The fourth-order valence-electron chi connectivity index (χ4n) is 4.62. The van der Waals surface area contributed by atoms with E-state index in [4.69, 9.17) is 11.6 Å². The van der Waals surface area contributed by atoms with Gasteiger partial charge in [0.1, 0.15) is 5.82 Å². The maximum Gasteiger partial charge on any atom is 0.226 e. The Hall–Kier alpha value is -2.18. The Morgan fingerprint density at radius 2 is 2.00 bits per heavy atom. The summed E-state index contributed by atoms with van der Waals surface area (Å²) in [5.74, 6) is 1.11. The van der Waals surface area contributed by atoms with Gasteiger partial charge in [0.15, 0.2) is 0 Å². The normalized spacial score (nSPS) is 20.4. The van der Waals surface area contributed by atoms with Crippen LogP contribution in [0.5, 0.6) is 0 Å². The van der Waals surface area contributed by atoms with Crippen LogP contribution >= 0.6 is 11.6 Å². The molecule has 6 nitrogen and oxygen atoms in total. The van der Waals surface area contributed by atoms with Crippen LogP contribution in [0.25, 0.3) is 11.3 Å². The quantitative estimate of drug-likeness (QED) is 0.804. The predicted octanol–water partition coefficient (Wildman–Crippen LogP) is 3.70. The average Bonchev–Trinajstić information content (AvgIpc) is 2.79. The zero-order valence-electron chi connectivity index (χ0n) is 17.4. The molecule has 1 atom stereocenters. The Kier molecular flexibility index (Phi) is 6.54. The summed E-state index contributed by atoms with van der Waals surface area (Å²) in [5.41, 5.74) is 2.83. The molecule has 160 valence electrons. The van der Waals surface area contributed by atoms with E-state index in [0.717, 1.165) is 74.4 Å².